The Kier molecular flexibility index (Phi) is 8.94. The molecule has 2 heteroatoms. The van der Waals surface area contributed by atoms with Gasteiger partial charge in [0.05, 0.1) is 0 Å². The minimum Gasteiger partial charge on any atom is -0.372 e. The zero-order valence-corrected chi connectivity index (χ0v) is 13.3. The minimum absolute atomic E-state index is 0.785. The van der Waals surface area contributed by atoms with E-state index in [0.717, 1.165) is 24.9 Å². The number of hydrogen-bond donors (Lipinski definition) is 0. The summed E-state index contributed by atoms with van der Waals surface area (Å²) in [6, 6.07) is 8.64. The molecule has 1 rings (SSSR count). The van der Waals surface area contributed by atoms with E-state index in [1.165, 1.54) is 37.4 Å². The van der Waals surface area contributed by atoms with Crippen molar-refractivity contribution < 1.29 is 4.79 Å². The lowest BCUT2D eigenvalue weighted by Crippen LogP contribution is -2.25. The lowest BCUT2D eigenvalue weighted by molar-refractivity contribution is -0.104. The first-order valence-corrected chi connectivity index (χ1v) is 7.95. The fourth-order valence-electron chi connectivity index (χ4n) is 2.14. The molecule has 1 aromatic carbocycles. The number of carbonyl (C=O) groups excluding carboxylic acids is 1. The van der Waals surface area contributed by atoms with Crippen molar-refractivity contribution >= 4 is 18.0 Å². The second-order valence-electron chi connectivity index (χ2n) is 5.17. The van der Waals surface area contributed by atoms with Crippen molar-refractivity contribution in [3.05, 3.63) is 48.1 Å². The van der Waals surface area contributed by atoms with Crippen molar-refractivity contribution in [1.29, 1.82) is 0 Å². The van der Waals surface area contributed by atoms with Crippen molar-refractivity contribution in [3.8, 4) is 0 Å². The van der Waals surface area contributed by atoms with E-state index in [0.29, 0.717) is 0 Å². The van der Waals surface area contributed by atoms with Gasteiger partial charge in [-0.3, -0.25) is 4.79 Å². The molecule has 0 fully saturated rings. The Morgan fingerprint density at radius 2 is 1.52 bits per heavy atom. The van der Waals surface area contributed by atoms with E-state index < -0.39 is 0 Å². The monoisotopic (exact) mass is 285 g/mol. The molecule has 0 amide bonds. The Labute approximate surface area is 129 Å². The number of rotatable bonds is 10. The number of unbranched alkanes of at least 4 members (excludes halogenated alkanes) is 2. The van der Waals surface area contributed by atoms with Gasteiger partial charge in [0.15, 0.2) is 0 Å². The molecule has 0 spiro atoms. The fourth-order valence-corrected chi connectivity index (χ4v) is 2.14. The lowest BCUT2D eigenvalue weighted by Gasteiger charge is -2.24. The molecule has 114 valence electrons. The molecule has 0 unspecified atom stereocenters. The highest BCUT2D eigenvalue weighted by Gasteiger charge is 2.04. The lowest BCUT2D eigenvalue weighted by atomic mass is 10.1. The molecular weight excluding hydrogens is 258 g/mol. The van der Waals surface area contributed by atoms with E-state index in [2.05, 4.69) is 43.0 Å². The summed E-state index contributed by atoms with van der Waals surface area (Å²) in [6.45, 7) is 6.74. The first kappa shape index (κ1) is 17.2. The van der Waals surface area contributed by atoms with Gasteiger partial charge in [0.25, 0.3) is 0 Å². The minimum atomic E-state index is 0.785. The molecule has 0 N–H and O–H groups in total. The van der Waals surface area contributed by atoms with Gasteiger partial charge in [0.2, 0.25) is 0 Å². The van der Waals surface area contributed by atoms with Crippen LogP contribution in [0.5, 0.6) is 0 Å². The molecule has 2 nitrogen and oxygen atoms in total. The van der Waals surface area contributed by atoms with E-state index in [9.17, 15) is 4.79 Å². The van der Waals surface area contributed by atoms with Gasteiger partial charge < -0.3 is 4.90 Å². The average Bonchev–Trinajstić information content (AvgIpc) is 2.53. The summed E-state index contributed by atoms with van der Waals surface area (Å²) < 4.78 is 0. The largest absolute Gasteiger partial charge is 0.372 e. The van der Waals surface area contributed by atoms with Crippen LogP contribution < -0.4 is 4.90 Å². The standard InChI is InChI=1S/C19H27NO/c1-3-5-15-20(16-6-4-2)19-13-11-18(12-14-19)10-8-7-9-17-21/h7-14,17H,3-6,15-16H2,1-2H3/b9-7+,10-8+. The number of nitrogens with zero attached hydrogens (tertiary/aromatic N) is 1. The molecule has 0 saturated heterocycles. The maximum Gasteiger partial charge on any atom is 0.142 e. The number of allylic oxidation sites excluding steroid dienone is 3. The van der Waals surface area contributed by atoms with E-state index in [4.69, 9.17) is 0 Å². The Bertz CT molecular complexity index is 437. The number of aldehydes is 1. The van der Waals surface area contributed by atoms with Crippen LogP contribution in [0.15, 0.2) is 42.5 Å². The Morgan fingerprint density at radius 1 is 0.905 bits per heavy atom. The first-order chi connectivity index (χ1) is 10.3. The van der Waals surface area contributed by atoms with Crippen molar-refractivity contribution in [1.82, 2.24) is 0 Å². The third-order valence-electron chi connectivity index (χ3n) is 3.41. The highest BCUT2D eigenvalue weighted by Crippen LogP contribution is 2.17. The molecule has 0 aliphatic carbocycles. The van der Waals surface area contributed by atoms with Crippen LogP contribution in [0.1, 0.15) is 45.1 Å². The van der Waals surface area contributed by atoms with Gasteiger partial charge in [-0.25, -0.2) is 0 Å². The number of carbonyl (C=O) groups is 1. The predicted octanol–water partition coefficient (Wildman–Crippen LogP) is 4.86. The van der Waals surface area contributed by atoms with Crippen LogP contribution in [0.4, 0.5) is 5.69 Å². The summed E-state index contributed by atoms with van der Waals surface area (Å²) in [5.74, 6) is 0. The third kappa shape index (κ3) is 6.94. The van der Waals surface area contributed by atoms with Gasteiger partial charge in [0, 0.05) is 18.8 Å². The molecule has 0 aliphatic heterocycles. The third-order valence-corrected chi connectivity index (χ3v) is 3.41. The van der Waals surface area contributed by atoms with Crippen molar-refractivity contribution in [2.45, 2.75) is 39.5 Å². The van der Waals surface area contributed by atoms with Crippen LogP contribution in [0.2, 0.25) is 0 Å². The van der Waals surface area contributed by atoms with Crippen molar-refractivity contribution in [3.63, 3.8) is 0 Å². The maximum absolute atomic E-state index is 10.2. The fraction of sp³-hybridized carbons (Fsp3) is 0.421. The van der Waals surface area contributed by atoms with E-state index in [1.807, 2.05) is 12.2 Å². The van der Waals surface area contributed by atoms with Gasteiger partial charge in [-0.1, -0.05) is 57.0 Å². The highest BCUT2D eigenvalue weighted by atomic mass is 16.1. The van der Waals surface area contributed by atoms with Crippen LogP contribution in [0.25, 0.3) is 6.08 Å². The maximum atomic E-state index is 10.2. The Hall–Kier alpha value is -1.83. The molecule has 0 aromatic heterocycles. The van der Waals surface area contributed by atoms with Crippen LogP contribution >= 0.6 is 0 Å². The first-order valence-electron chi connectivity index (χ1n) is 7.95. The van der Waals surface area contributed by atoms with Crippen molar-refractivity contribution in [2.24, 2.45) is 0 Å². The quantitative estimate of drug-likeness (QED) is 0.347. The Balaban J connectivity index is 2.69. The number of anilines is 1. The normalized spacial score (nSPS) is 11.3. The van der Waals surface area contributed by atoms with E-state index in [-0.39, 0.29) is 0 Å². The topological polar surface area (TPSA) is 20.3 Å². The molecule has 0 aliphatic rings. The molecular formula is C19H27NO. The summed E-state index contributed by atoms with van der Waals surface area (Å²) in [4.78, 5) is 12.7. The van der Waals surface area contributed by atoms with Crippen molar-refractivity contribution in [2.75, 3.05) is 18.0 Å². The van der Waals surface area contributed by atoms with E-state index in [1.54, 1.807) is 6.08 Å². The zero-order chi connectivity index (χ0) is 15.3. The molecule has 21 heavy (non-hydrogen) atoms. The predicted molar refractivity (Wildman–Crippen MR) is 92.7 cm³/mol. The zero-order valence-electron chi connectivity index (χ0n) is 13.3. The highest BCUT2D eigenvalue weighted by molar-refractivity contribution is 5.66. The summed E-state index contributed by atoms with van der Waals surface area (Å²) >= 11 is 0. The number of benzene rings is 1. The summed E-state index contributed by atoms with van der Waals surface area (Å²) in [6.07, 6.45) is 12.8. The SMILES string of the molecule is CCCCN(CCCC)c1ccc(/C=C/C=C/C=O)cc1. The van der Waals surface area contributed by atoms with Crippen LogP contribution in [-0.4, -0.2) is 19.4 Å². The molecule has 0 atom stereocenters. The summed E-state index contributed by atoms with van der Waals surface area (Å²) in [5.41, 5.74) is 2.46. The van der Waals surface area contributed by atoms with Crippen LogP contribution in [0, 0.1) is 0 Å². The van der Waals surface area contributed by atoms with Gasteiger partial charge in [-0.05, 0) is 36.6 Å². The average molecular weight is 285 g/mol. The van der Waals surface area contributed by atoms with Gasteiger partial charge in [-0.15, -0.1) is 0 Å². The van der Waals surface area contributed by atoms with Gasteiger partial charge >= 0.3 is 0 Å². The molecule has 0 bridgehead atoms. The smallest absolute Gasteiger partial charge is 0.142 e. The molecule has 0 heterocycles. The second kappa shape index (κ2) is 10.9. The number of hydrogen-bond acceptors (Lipinski definition) is 2. The molecule has 1 aromatic rings. The van der Waals surface area contributed by atoms with Gasteiger partial charge in [-0.2, -0.15) is 0 Å². The molecule has 0 saturated carbocycles. The summed E-state index contributed by atoms with van der Waals surface area (Å²) in [7, 11) is 0. The summed E-state index contributed by atoms with van der Waals surface area (Å²) in [5, 5.41) is 0. The van der Waals surface area contributed by atoms with Crippen LogP contribution in [-0.2, 0) is 4.79 Å². The molecule has 0 radical (unpaired) electrons. The van der Waals surface area contributed by atoms with E-state index >= 15 is 0 Å². The van der Waals surface area contributed by atoms with Gasteiger partial charge in [0.1, 0.15) is 6.29 Å². The van der Waals surface area contributed by atoms with Crippen LogP contribution in [0.3, 0.4) is 0 Å². The Morgan fingerprint density at radius 3 is 2.05 bits per heavy atom. The second-order valence-corrected chi connectivity index (χ2v) is 5.17.